The number of hydrogen-bond donors (Lipinski definition) is 1. The molecule has 0 saturated carbocycles. The van der Waals surface area contributed by atoms with E-state index >= 15 is 0 Å². The van der Waals surface area contributed by atoms with Crippen LogP contribution in [0, 0.1) is 6.92 Å². The Hall–Kier alpha value is -1.80. The number of aryl methyl sites for hydroxylation is 1. The molecule has 0 saturated heterocycles. The van der Waals surface area contributed by atoms with Crippen LogP contribution < -0.4 is 5.32 Å². The Morgan fingerprint density at radius 1 is 1.20 bits per heavy atom. The molecule has 0 aliphatic rings. The van der Waals surface area contributed by atoms with Gasteiger partial charge in [-0.15, -0.1) is 0 Å². The Kier molecular flexibility index (Phi) is 5.95. The maximum Gasteiger partial charge on any atom is 0.283 e. The van der Waals surface area contributed by atoms with Crippen LogP contribution in [0.5, 0.6) is 0 Å². The Morgan fingerprint density at radius 2 is 1.84 bits per heavy atom. The van der Waals surface area contributed by atoms with Gasteiger partial charge in [0.05, 0.1) is 5.02 Å². The largest absolute Gasteiger partial charge is 0.324 e. The van der Waals surface area contributed by atoms with Gasteiger partial charge in [-0.05, 0) is 31.5 Å². The summed E-state index contributed by atoms with van der Waals surface area (Å²) in [5.74, 6) is -0.729. The van der Waals surface area contributed by atoms with Crippen LogP contribution in [0.1, 0.15) is 42.8 Å². The fourth-order valence-electron chi connectivity index (χ4n) is 2.15. The number of benzene rings is 1. The molecule has 10 heteroatoms. The van der Waals surface area contributed by atoms with Crippen molar-refractivity contribution in [3.05, 3.63) is 45.2 Å². The molecule has 1 atom stereocenters. The van der Waals surface area contributed by atoms with Gasteiger partial charge in [0, 0.05) is 10.7 Å². The lowest BCUT2D eigenvalue weighted by molar-refractivity contribution is -0.119. The van der Waals surface area contributed by atoms with E-state index in [2.05, 4.69) is 10.4 Å². The van der Waals surface area contributed by atoms with Gasteiger partial charge in [0.2, 0.25) is 5.91 Å². The van der Waals surface area contributed by atoms with Gasteiger partial charge in [0.25, 0.3) is 12.9 Å². The lowest BCUT2D eigenvalue weighted by Crippen LogP contribution is -2.26. The minimum absolute atomic E-state index is 0.365. The van der Waals surface area contributed by atoms with Crippen molar-refractivity contribution in [2.45, 2.75) is 32.7 Å². The Morgan fingerprint density at radius 3 is 2.40 bits per heavy atom. The highest BCUT2D eigenvalue weighted by Crippen LogP contribution is 2.36. The topological polar surface area (TPSA) is 46.9 Å². The predicted molar refractivity (Wildman–Crippen MR) is 86.7 cm³/mol. The molecule has 1 heterocycles. The zero-order valence-corrected chi connectivity index (χ0v) is 14.5. The summed E-state index contributed by atoms with van der Waals surface area (Å²) in [4.78, 5) is 12.4. The summed E-state index contributed by atoms with van der Waals surface area (Å²) in [6.45, 7) is 2.96. The maximum atomic E-state index is 13.2. The third-order valence-electron chi connectivity index (χ3n) is 3.53. The summed E-state index contributed by atoms with van der Waals surface area (Å²) in [6, 6.07) is 3.46. The standard InChI is InChI=1S/C15H13Cl2F4N3O/c1-6-3-4-8(16)5-9(6)22-15(25)7(2)24-12(14(20)21)10(17)11(23-24)13(18)19/h3-5,7,13-14H,1-2H3,(H,22,25). The molecular weight excluding hydrogens is 385 g/mol. The smallest absolute Gasteiger partial charge is 0.283 e. The minimum atomic E-state index is -3.17. The highest BCUT2D eigenvalue weighted by molar-refractivity contribution is 6.32. The third-order valence-corrected chi connectivity index (χ3v) is 4.15. The lowest BCUT2D eigenvalue weighted by Gasteiger charge is -2.16. The molecular formula is C15H13Cl2F4N3O. The highest BCUT2D eigenvalue weighted by Gasteiger charge is 2.31. The van der Waals surface area contributed by atoms with E-state index in [4.69, 9.17) is 23.2 Å². The molecule has 1 N–H and O–H groups in total. The Bertz CT molecular complexity index is 795. The van der Waals surface area contributed by atoms with Crippen molar-refractivity contribution in [2.24, 2.45) is 0 Å². The van der Waals surface area contributed by atoms with Crippen LogP contribution >= 0.6 is 23.2 Å². The molecule has 1 aromatic carbocycles. The fraction of sp³-hybridized carbons (Fsp3) is 0.333. The average Bonchev–Trinajstić information content (AvgIpc) is 2.87. The molecule has 0 aliphatic heterocycles. The number of rotatable bonds is 5. The van der Waals surface area contributed by atoms with Gasteiger partial charge in [-0.1, -0.05) is 29.3 Å². The van der Waals surface area contributed by atoms with Gasteiger partial charge < -0.3 is 5.32 Å². The molecule has 4 nitrogen and oxygen atoms in total. The van der Waals surface area contributed by atoms with E-state index in [0.717, 1.165) is 0 Å². The van der Waals surface area contributed by atoms with Crippen LogP contribution in [0.2, 0.25) is 10.0 Å². The third kappa shape index (κ3) is 4.07. The van der Waals surface area contributed by atoms with E-state index in [0.29, 0.717) is 21.0 Å². The first-order valence-corrected chi connectivity index (χ1v) is 7.80. The van der Waals surface area contributed by atoms with Gasteiger partial charge in [-0.25, -0.2) is 22.2 Å². The first-order valence-electron chi connectivity index (χ1n) is 7.04. The lowest BCUT2D eigenvalue weighted by atomic mass is 10.2. The van der Waals surface area contributed by atoms with Crippen LogP contribution in [0.4, 0.5) is 23.2 Å². The van der Waals surface area contributed by atoms with E-state index in [9.17, 15) is 22.4 Å². The second-order valence-electron chi connectivity index (χ2n) is 5.25. The number of alkyl halides is 4. The van der Waals surface area contributed by atoms with E-state index in [1.54, 1.807) is 19.1 Å². The molecule has 2 rings (SSSR count). The van der Waals surface area contributed by atoms with Crippen LogP contribution in [-0.2, 0) is 4.79 Å². The highest BCUT2D eigenvalue weighted by atomic mass is 35.5. The quantitative estimate of drug-likeness (QED) is 0.670. The van der Waals surface area contributed by atoms with Crippen LogP contribution in [0.25, 0.3) is 0 Å². The van der Waals surface area contributed by atoms with E-state index in [1.165, 1.54) is 13.0 Å². The van der Waals surface area contributed by atoms with Gasteiger partial charge in [0.1, 0.15) is 17.4 Å². The van der Waals surface area contributed by atoms with Crippen molar-refractivity contribution in [3.8, 4) is 0 Å². The molecule has 1 amide bonds. The first kappa shape index (κ1) is 19.5. The Labute approximate surface area is 150 Å². The first-order chi connectivity index (χ1) is 11.6. The molecule has 0 bridgehead atoms. The molecule has 1 aromatic heterocycles. The zero-order chi connectivity index (χ0) is 18.9. The van der Waals surface area contributed by atoms with Crippen molar-refractivity contribution < 1.29 is 22.4 Å². The molecule has 0 radical (unpaired) electrons. The molecule has 0 fully saturated rings. The second-order valence-corrected chi connectivity index (χ2v) is 6.07. The van der Waals surface area contributed by atoms with E-state index in [1.807, 2.05) is 0 Å². The number of halogens is 6. The van der Waals surface area contributed by atoms with Gasteiger partial charge in [-0.2, -0.15) is 5.10 Å². The predicted octanol–water partition coefficient (Wildman–Crippen LogP) is 5.57. The summed E-state index contributed by atoms with van der Waals surface area (Å²) in [7, 11) is 0. The molecule has 0 spiro atoms. The van der Waals surface area contributed by atoms with Gasteiger partial charge in [-0.3, -0.25) is 4.79 Å². The summed E-state index contributed by atoms with van der Waals surface area (Å²) < 4.78 is 52.7. The summed E-state index contributed by atoms with van der Waals surface area (Å²) >= 11 is 11.4. The number of carbonyl (C=O) groups excluding carboxylic acids is 1. The SMILES string of the molecule is Cc1ccc(Cl)cc1NC(=O)C(C)n1nc(C(F)F)c(Cl)c1C(F)F. The number of aromatic nitrogens is 2. The molecule has 25 heavy (non-hydrogen) atoms. The zero-order valence-electron chi connectivity index (χ0n) is 13.0. The number of hydrogen-bond acceptors (Lipinski definition) is 2. The van der Waals surface area contributed by atoms with Crippen LogP contribution in [0.15, 0.2) is 18.2 Å². The van der Waals surface area contributed by atoms with Crippen molar-refractivity contribution in [1.29, 1.82) is 0 Å². The molecule has 136 valence electrons. The van der Waals surface area contributed by atoms with Crippen LogP contribution in [0.3, 0.4) is 0 Å². The number of carbonyl (C=O) groups is 1. The van der Waals surface area contributed by atoms with Crippen molar-refractivity contribution in [3.63, 3.8) is 0 Å². The second kappa shape index (κ2) is 7.61. The Balaban J connectivity index is 2.36. The number of amides is 1. The number of nitrogens with one attached hydrogen (secondary N) is 1. The molecule has 2 aromatic rings. The van der Waals surface area contributed by atoms with E-state index < -0.39 is 41.2 Å². The number of nitrogens with zero attached hydrogens (tertiary/aromatic N) is 2. The fourth-order valence-corrected chi connectivity index (χ4v) is 2.61. The summed E-state index contributed by atoms with van der Waals surface area (Å²) in [5, 5.41) is 5.44. The normalized spacial score (nSPS) is 12.7. The van der Waals surface area contributed by atoms with E-state index in [-0.39, 0.29) is 0 Å². The monoisotopic (exact) mass is 397 g/mol. The van der Waals surface area contributed by atoms with Crippen LogP contribution in [-0.4, -0.2) is 15.7 Å². The van der Waals surface area contributed by atoms with Crippen molar-refractivity contribution in [1.82, 2.24) is 9.78 Å². The maximum absolute atomic E-state index is 13.2. The molecule has 1 unspecified atom stereocenters. The average molecular weight is 398 g/mol. The summed E-state index contributed by atoms with van der Waals surface area (Å²) in [6.07, 6.45) is -6.31. The van der Waals surface area contributed by atoms with Crippen molar-refractivity contribution >= 4 is 34.8 Å². The summed E-state index contributed by atoms with van der Waals surface area (Å²) in [5.41, 5.74) is -0.862. The molecule has 0 aliphatic carbocycles. The van der Waals surface area contributed by atoms with Gasteiger partial charge >= 0.3 is 0 Å². The number of anilines is 1. The minimum Gasteiger partial charge on any atom is -0.324 e. The van der Waals surface area contributed by atoms with Crippen molar-refractivity contribution in [2.75, 3.05) is 5.32 Å². The van der Waals surface area contributed by atoms with Gasteiger partial charge in [0.15, 0.2) is 0 Å².